The molecule has 6 rings (SSSR count). The molecular weight excluding hydrogens is 567 g/mol. The number of hydrogen-bond donors (Lipinski definition) is 1. The maximum atomic E-state index is 15.8. The Morgan fingerprint density at radius 2 is 1.77 bits per heavy atom. The Bertz CT molecular complexity index is 2090. The van der Waals surface area contributed by atoms with Crippen LogP contribution in [0.3, 0.4) is 0 Å². The Labute approximate surface area is 250 Å². The van der Waals surface area contributed by atoms with Crippen molar-refractivity contribution in [2.75, 3.05) is 14.2 Å². The van der Waals surface area contributed by atoms with Crippen LogP contribution in [-0.4, -0.2) is 43.5 Å². The second-order valence-electron chi connectivity index (χ2n) is 10.2. The molecule has 0 saturated carbocycles. The van der Waals surface area contributed by atoms with E-state index in [2.05, 4.69) is 24.7 Å². The van der Waals surface area contributed by atoms with Crippen molar-refractivity contribution < 1.29 is 18.4 Å². The molecule has 3 aromatic carbocycles. The second-order valence-corrected chi connectivity index (χ2v) is 10.2. The van der Waals surface area contributed by atoms with Crippen molar-refractivity contribution in [3.05, 3.63) is 116 Å². The zero-order valence-electron chi connectivity index (χ0n) is 24.3. The predicted molar refractivity (Wildman–Crippen MR) is 161 cm³/mol. The van der Waals surface area contributed by atoms with Crippen LogP contribution in [0, 0.1) is 5.82 Å². The molecule has 6 aromatic rings. The summed E-state index contributed by atoms with van der Waals surface area (Å²) in [6.45, 7) is 2.17. The molecule has 0 spiro atoms. The fourth-order valence-corrected chi connectivity index (χ4v) is 5.42. The van der Waals surface area contributed by atoms with Crippen molar-refractivity contribution >= 4 is 5.78 Å². The van der Waals surface area contributed by atoms with E-state index in [9.17, 15) is 9.59 Å². The first-order valence-electron chi connectivity index (χ1n) is 14.0. The summed E-state index contributed by atoms with van der Waals surface area (Å²) in [6, 6.07) is 17.4. The fraction of sp³-hybridized carbons (Fsp3) is 0.219. The summed E-state index contributed by atoms with van der Waals surface area (Å²) < 4.78 is 34.6. The van der Waals surface area contributed by atoms with Gasteiger partial charge in [-0.1, -0.05) is 54.9 Å². The number of aryl methyl sites for hydroxylation is 1. The third-order valence-electron chi connectivity index (χ3n) is 7.54. The average molecular weight is 597 g/mol. The zero-order valence-corrected chi connectivity index (χ0v) is 24.3. The molecule has 3 aromatic heterocycles. The summed E-state index contributed by atoms with van der Waals surface area (Å²) >= 11 is 0. The Hall–Kier alpha value is -5.52. The molecule has 11 nitrogen and oxygen atoms in total. The minimum absolute atomic E-state index is 0.0497. The molecule has 0 aliphatic carbocycles. The number of fused-ring (bicyclic) bond motifs is 1. The van der Waals surface area contributed by atoms with Crippen LogP contribution in [-0.2, 0) is 19.4 Å². The van der Waals surface area contributed by atoms with Crippen LogP contribution in [0.25, 0.3) is 28.3 Å². The summed E-state index contributed by atoms with van der Waals surface area (Å²) in [4.78, 5) is 32.6. The van der Waals surface area contributed by atoms with Crippen LogP contribution in [0.4, 0.5) is 4.39 Å². The molecule has 3 heterocycles. The van der Waals surface area contributed by atoms with Gasteiger partial charge in [0, 0.05) is 29.2 Å². The molecule has 0 saturated heterocycles. The molecule has 0 fully saturated rings. The number of nitrogens with zero attached hydrogens (tertiary/aromatic N) is 5. The van der Waals surface area contributed by atoms with Crippen molar-refractivity contribution in [3.8, 4) is 34.0 Å². The topological polar surface area (TPSA) is 130 Å². The third-order valence-corrected chi connectivity index (χ3v) is 7.54. The van der Waals surface area contributed by atoms with Crippen LogP contribution >= 0.6 is 0 Å². The average Bonchev–Trinajstić information content (AvgIpc) is 3.71. The van der Waals surface area contributed by atoms with E-state index in [4.69, 9.17) is 9.47 Å². The Morgan fingerprint density at radius 1 is 0.977 bits per heavy atom. The number of halogens is 1. The van der Waals surface area contributed by atoms with Crippen LogP contribution in [0.15, 0.2) is 81.1 Å². The Morgan fingerprint density at radius 3 is 2.48 bits per heavy atom. The van der Waals surface area contributed by atoms with Gasteiger partial charge in [-0.2, -0.15) is 10.1 Å². The van der Waals surface area contributed by atoms with Gasteiger partial charge >= 0.3 is 5.76 Å². The lowest BCUT2D eigenvalue weighted by Crippen LogP contribution is -2.30. The van der Waals surface area contributed by atoms with E-state index in [1.165, 1.54) is 17.0 Å². The smallest absolute Gasteiger partial charge is 0.439 e. The van der Waals surface area contributed by atoms with Crippen LogP contribution in [0.5, 0.6) is 11.5 Å². The number of hydrogen-bond acceptors (Lipinski definition) is 8. The molecule has 0 radical (unpaired) electrons. The van der Waals surface area contributed by atoms with Crippen molar-refractivity contribution in [2.24, 2.45) is 0 Å². The van der Waals surface area contributed by atoms with Crippen molar-refractivity contribution in [3.63, 3.8) is 0 Å². The van der Waals surface area contributed by atoms with Gasteiger partial charge in [0.15, 0.2) is 5.82 Å². The van der Waals surface area contributed by atoms with Gasteiger partial charge in [-0.15, -0.1) is 0 Å². The van der Waals surface area contributed by atoms with Gasteiger partial charge in [0.25, 0.3) is 5.56 Å². The van der Waals surface area contributed by atoms with Crippen molar-refractivity contribution in [1.82, 2.24) is 29.3 Å². The highest BCUT2D eigenvalue weighted by Gasteiger charge is 2.21. The Kier molecular flexibility index (Phi) is 7.80. The van der Waals surface area contributed by atoms with E-state index >= 15 is 4.39 Å². The van der Waals surface area contributed by atoms with Gasteiger partial charge in [-0.3, -0.25) is 18.9 Å². The van der Waals surface area contributed by atoms with Gasteiger partial charge < -0.3 is 9.47 Å². The number of ether oxygens (including phenoxy) is 2. The normalized spacial score (nSPS) is 11.3. The van der Waals surface area contributed by atoms with E-state index in [1.807, 2.05) is 19.1 Å². The molecule has 0 atom stereocenters. The minimum atomic E-state index is -0.681. The highest BCUT2D eigenvalue weighted by atomic mass is 19.1. The summed E-state index contributed by atoms with van der Waals surface area (Å²) in [5.41, 5.74) is 3.76. The van der Waals surface area contributed by atoms with Gasteiger partial charge in [0.05, 0.1) is 26.5 Å². The standard InChI is InChI=1S/C32H29FN6O5/c1-4-7-27-25(30(40)38(31-34-18-35-39(27)31)17-21-12-13-22(42-2)16-28(21)43-3)14-20-11-10-19(15-26(20)33)23-8-5-6-9-24(23)29-36-32(41)44-37-29/h5-6,8-13,15-16,18H,4,7,14,17H2,1-3H3,(H,36,37,41). The second kappa shape index (κ2) is 12.0. The fourth-order valence-electron chi connectivity index (χ4n) is 5.42. The number of methoxy groups -OCH3 is 2. The first-order chi connectivity index (χ1) is 21.4. The zero-order chi connectivity index (χ0) is 30.8. The summed E-state index contributed by atoms with van der Waals surface area (Å²) in [7, 11) is 3.12. The number of H-pyrrole nitrogens is 1. The minimum Gasteiger partial charge on any atom is -0.497 e. The number of benzene rings is 3. The molecule has 0 bridgehead atoms. The molecule has 44 heavy (non-hydrogen) atoms. The molecule has 0 aliphatic heterocycles. The Balaban J connectivity index is 1.42. The lowest BCUT2D eigenvalue weighted by molar-refractivity contribution is 0.388. The van der Waals surface area contributed by atoms with Gasteiger partial charge in [-0.05, 0) is 41.3 Å². The van der Waals surface area contributed by atoms with Crippen LogP contribution < -0.4 is 20.8 Å². The summed E-state index contributed by atoms with van der Waals surface area (Å²) in [5.74, 6) is 0.660. The maximum absolute atomic E-state index is 15.8. The summed E-state index contributed by atoms with van der Waals surface area (Å²) in [5, 5.41) is 8.21. The number of aromatic nitrogens is 6. The first kappa shape index (κ1) is 28.6. The molecule has 12 heteroatoms. The van der Waals surface area contributed by atoms with Crippen LogP contribution in [0.2, 0.25) is 0 Å². The quantitative estimate of drug-likeness (QED) is 0.242. The van der Waals surface area contributed by atoms with Crippen molar-refractivity contribution in [1.29, 1.82) is 0 Å². The maximum Gasteiger partial charge on any atom is 0.439 e. The molecule has 224 valence electrons. The lowest BCUT2D eigenvalue weighted by Gasteiger charge is -2.17. The van der Waals surface area contributed by atoms with E-state index < -0.39 is 11.6 Å². The SMILES string of the molecule is CCCc1c(Cc2ccc(-c3ccccc3-c3noc(=O)[nH]3)cc2F)c(=O)n(Cc2ccc(OC)cc2OC)c2ncnn12. The van der Waals surface area contributed by atoms with E-state index in [1.54, 1.807) is 61.2 Å². The highest BCUT2D eigenvalue weighted by molar-refractivity contribution is 5.80. The van der Waals surface area contributed by atoms with E-state index in [0.29, 0.717) is 57.2 Å². The van der Waals surface area contributed by atoms with Gasteiger partial charge in [0.2, 0.25) is 5.78 Å². The summed E-state index contributed by atoms with van der Waals surface area (Å²) in [6.07, 6.45) is 2.77. The number of aromatic amines is 1. The molecule has 0 unspecified atom stereocenters. The monoisotopic (exact) mass is 596 g/mol. The molecule has 0 amide bonds. The number of rotatable bonds is 10. The molecule has 1 N–H and O–H groups in total. The highest BCUT2D eigenvalue weighted by Crippen LogP contribution is 2.31. The van der Waals surface area contributed by atoms with E-state index in [0.717, 1.165) is 12.0 Å². The molecular formula is C32H29FN6O5. The van der Waals surface area contributed by atoms with Gasteiger partial charge in [-0.25, -0.2) is 13.7 Å². The third kappa shape index (κ3) is 5.26. The van der Waals surface area contributed by atoms with Gasteiger partial charge in [0.1, 0.15) is 23.6 Å². The van der Waals surface area contributed by atoms with Crippen molar-refractivity contribution in [2.45, 2.75) is 32.7 Å². The predicted octanol–water partition coefficient (Wildman–Crippen LogP) is 4.65. The van der Waals surface area contributed by atoms with Crippen LogP contribution in [0.1, 0.15) is 35.7 Å². The number of nitrogens with one attached hydrogen (secondary N) is 1. The van der Waals surface area contributed by atoms with E-state index in [-0.39, 0.29) is 24.3 Å². The lowest BCUT2D eigenvalue weighted by atomic mass is 9.95. The largest absolute Gasteiger partial charge is 0.497 e. The molecule has 0 aliphatic rings. The first-order valence-corrected chi connectivity index (χ1v) is 14.0.